The lowest BCUT2D eigenvalue weighted by atomic mass is 9.93. The molecule has 0 aromatic heterocycles. The molecule has 0 spiro atoms. The third kappa shape index (κ3) is 4.22. The Labute approximate surface area is 162 Å². The predicted octanol–water partition coefficient (Wildman–Crippen LogP) is 6.60. The summed E-state index contributed by atoms with van der Waals surface area (Å²) >= 11 is 0. The molecule has 138 valence electrons. The van der Waals surface area contributed by atoms with Crippen LogP contribution in [-0.4, -0.2) is 13.7 Å². The van der Waals surface area contributed by atoms with E-state index in [0.29, 0.717) is 6.61 Å². The summed E-state index contributed by atoms with van der Waals surface area (Å²) in [5, 5.41) is 0. The number of methoxy groups -OCH3 is 1. The number of para-hydroxylation sites is 2. The third-order valence-corrected chi connectivity index (χ3v) is 4.60. The topological polar surface area (TPSA) is 18.5 Å². The van der Waals surface area contributed by atoms with Crippen molar-refractivity contribution in [3.05, 3.63) is 90.5 Å². The molecule has 3 aromatic carbocycles. The average molecular weight is 358 g/mol. The Morgan fingerprint density at radius 1 is 0.852 bits per heavy atom. The van der Waals surface area contributed by atoms with Gasteiger partial charge in [0.2, 0.25) is 0 Å². The van der Waals surface area contributed by atoms with Gasteiger partial charge in [0, 0.05) is 16.7 Å². The number of hydrogen-bond acceptors (Lipinski definition) is 2. The van der Waals surface area contributed by atoms with Gasteiger partial charge in [0.15, 0.2) is 0 Å². The van der Waals surface area contributed by atoms with Crippen LogP contribution >= 0.6 is 0 Å². The smallest absolute Gasteiger partial charge is 0.134 e. The summed E-state index contributed by atoms with van der Waals surface area (Å²) in [6, 6.07) is 24.5. The van der Waals surface area contributed by atoms with Crippen molar-refractivity contribution in [2.24, 2.45) is 0 Å². The molecule has 0 bridgehead atoms. The van der Waals surface area contributed by atoms with Gasteiger partial charge in [-0.15, -0.1) is 0 Å². The largest absolute Gasteiger partial charge is 0.496 e. The van der Waals surface area contributed by atoms with Crippen LogP contribution < -0.4 is 9.47 Å². The lowest BCUT2D eigenvalue weighted by Gasteiger charge is -2.19. The van der Waals surface area contributed by atoms with Crippen molar-refractivity contribution in [3.63, 3.8) is 0 Å². The Morgan fingerprint density at radius 2 is 1.56 bits per heavy atom. The Bertz CT molecular complexity index is 897. The van der Waals surface area contributed by atoms with Crippen molar-refractivity contribution in [1.29, 1.82) is 0 Å². The molecule has 0 aliphatic carbocycles. The monoisotopic (exact) mass is 358 g/mol. The van der Waals surface area contributed by atoms with Crippen LogP contribution in [-0.2, 0) is 0 Å². The van der Waals surface area contributed by atoms with Crippen LogP contribution in [0.2, 0.25) is 0 Å². The van der Waals surface area contributed by atoms with Crippen LogP contribution in [0.1, 0.15) is 30.9 Å². The maximum Gasteiger partial charge on any atom is 0.134 e. The molecule has 0 amide bonds. The van der Waals surface area contributed by atoms with E-state index in [0.717, 1.165) is 52.2 Å². The van der Waals surface area contributed by atoms with Crippen LogP contribution in [0.4, 0.5) is 0 Å². The van der Waals surface area contributed by atoms with Gasteiger partial charge in [-0.1, -0.05) is 86.7 Å². The number of unbranched alkanes of at least 4 members (excludes halogenated alkanes) is 1. The summed E-state index contributed by atoms with van der Waals surface area (Å²) in [4.78, 5) is 0. The molecular weight excluding hydrogens is 332 g/mol. The zero-order chi connectivity index (χ0) is 19.1. The quantitative estimate of drug-likeness (QED) is 0.422. The highest BCUT2D eigenvalue weighted by Gasteiger charge is 2.17. The first-order valence-corrected chi connectivity index (χ1v) is 9.40. The van der Waals surface area contributed by atoms with E-state index in [1.807, 2.05) is 42.5 Å². The molecule has 0 unspecified atom stereocenters. The summed E-state index contributed by atoms with van der Waals surface area (Å²) in [6.45, 7) is 7.22. The summed E-state index contributed by atoms with van der Waals surface area (Å²) in [7, 11) is 1.69. The SMILES string of the molecule is C=C(c1ccccc1OC)c1cccc(-c2ccccc2)c1OCCCC. The molecule has 2 nitrogen and oxygen atoms in total. The second-order valence-electron chi connectivity index (χ2n) is 6.43. The summed E-state index contributed by atoms with van der Waals surface area (Å²) in [5.74, 6) is 1.69. The Balaban J connectivity index is 2.10. The molecular formula is C25H26O2. The van der Waals surface area contributed by atoms with Gasteiger partial charge in [-0.05, 0) is 23.6 Å². The van der Waals surface area contributed by atoms with Crippen molar-refractivity contribution in [2.45, 2.75) is 19.8 Å². The van der Waals surface area contributed by atoms with Crippen LogP contribution in [0.3, 0.4) is 0 Å². The van der Waals surface area contributed by atoms with Crippen LogP contribution in [0.25, 0.3) is 16.7 Å². The standard InChI is InChI=1S/C25H26O2/c1-4-5-18-27-25-22(19(2)21-14-9-10-17-24(21)26-3)15-11-16-23(25)20-12-7-6-8-13-20/h6-17H,2,4-5,18H2,1,3H3. The molecule has 3 aromatic rings. The second-order valence-corrected chi connectivity index (χ2v) is 6.43. The van der Waals surface area contributed by atoms with E-state index in [2.05, 4.69) is 43.8 Å². The van der Waals surface area contributed by atoms with Gasteiger partial charge in [0.1, 0.15) is 11.5 Å². The fraction of sp³-hybridized carbons (Fsp3) is 0.200. The van der Waals surface area contributed by atoms with Gasteiger partial charge < -0.3 is 9.47 Å². The molecule has 0 saturated carbocycles. The number of rotatable bonds is 8. The lowest BCUT2D eigenvalue weighted by Crippen LogP contribution is -2.02. The average Bonchev–Trinajstić information content (AvgIpc) is 2.74. The molecule has 0 N–H and O–H groups in total. The minimum Gasteiger partial charge on any atom is -0.496 e. The lowest BCUT2D eigenvalue weighted by molar-refractivity contribution is 0.310. The molecule has 0 saturated heterocycles. The van der Waals surface area contributed by atoms with E-state index < -0.39 is 0 Å². The van der Waals surface area contributed by atoms with Gasteiger partial charge in [0.05, 0.1) is 13.7 Å². The van der Waals surface area contributed by atoms with Gasteiger partial charge in [-0.3, -0.25) is 0 Å². The summed E-state index contributed by atoms with van der Waals surface area (Å²) in [5.41, 5.74) is 5.10. The van der Waals surface area contributed by atoms with E-state index in [9.17, 15) is 0 Å². The van der Waals surface area contributed by atoms with E-state index in [4.69, 9.17) is 9.47 Å². The Hall–Kier alpha value is -3.00. The minimum absolute atomic E-state index is 0.687. The van der Waals surface area contributed by atoms with Gasteiger partial charge in [-0.2, -0.15) is 0 Å². The van der Waals surface area contributed by atoms with E-state index in [1.165, 1.54) is 0 Å². The summed E-state index contributed by atoms with van der Waals surface area (Å²) < 4.78 is 11.8. The Kier molecular flexibility index (Phi) is 6.32. The second kappa shape index (κ2) is 9.09. The normalized spacial score (nSPS) is 10.4. The van der Waals surface area contributed by atoms with E-state index >= 15 is 0 Å². The predicted molar refractivity (Wildman–Crippen MR) is 113 cm³/mol. The highest BCUT2D eigenvalue weighted by Crippen LogP contribution is 2.40. The highest BCUT2D eigenvalue weighted by atomic mass is 16.5. The molecule has 0 heterocycles. The molecule has 0 radical (unpaired) electrons. The van der Waals surface area contributed by atoms with Gasteiger partial charge >= 0.3 is 0 Å². The molecule has 2 heteroatoms. The molecule has 0 aliphatic heterocycles. The fourth-order valence-electron chi connectivity index (χ4n) is 3.13. The first-order chi connectivity index (χ1) is 13.3. The Morgan fingerprint density at radius 3 is 2.30 bits per heavy atom. The number of ether oxygens (including phenoxy) is 2. The first-order valence-electron chi connectivity index (χ1n) is 9.40. The third-order valence-electron chi connectivity index (χ3n) is 4.60. The van der Waals surface area contributed by atoms with Crippen molar-refractivity contribution < 1.29 is 9.47 Å². The van der Waals surface area contributed by atoms with E-state index in [1.54, 1.807) is 7.11 Å². The van der Waals surface area contributed by atoms with Gasteiger partial charge in [-0.25, -0.2) is 0 Å². The van der Waals surface area contributed by atoms with Crippen molar-refractivity contribution >= 4 is 5.57 Å². The zero-order valence-electron chi connectivity index (χ0n) is 16.1. The molecule has 0 fully saturated rings. The maximum atomic E-state index is 6.28. The zero-order valence-corrected chi connectivity index (χ0v) is 16.1. The van der Waals surface area contributed by atoms with Crippen molar-refractivity contribution in [1.82, 2.24) is 0 Å². The fourth-order valence-corrected chi connectivity index (χ4v) is 3.13. The minimum atomic E-state index is 0.687. The van der Waals surface area contributed by atoms with Crippen molar-refractivity contribution in [2.75, 3.05) is 13.7 Å². The summed E-state index contributed by atoms with van der Waals surface area (Å²) in [6.07, 6.45) is 2.11. The van der Waals surface area contributed by atoms with Crippen LogP contribution in [0.15, 0.2) is 79.4 Å². The molecule has 0 atom stereocenters. The van der Waals surface area contributed by atoms with Crippen LogP contribution in [0, 0.1) is 0 Å². The number of hydrogen-bond donors (Lipinski definition) is 0. The van der Waals surface area contributed by atoms with Crippen LogP contribution in [0.5, 0.6) is 11.5 Å². The number of benzene rings is 3. The molecule has 27 heavy (non-hydrogen) atoms. The first kappa shape index (κ1) is 18.8. The maximum absolute atomic E-state index is 6.28. The highest BCUT2D eigenvalue weighted by molar-refractivity contribution is 5.88. The van der Waals surface area contributed by atoms with Gasteiger partial charge in [0.25, 0.3) is 0 Å². The van der Waals surface area contributed by atoms with Crippen molar-refractivity contribution in [3.8, 4) is 22.6 Å². The van der Waals surface area contributed by atoms with E-state index in [-0.39, 0.29) is 0 Å². The molecule has 0 aliphatic rings. The molecule has 3 rings (SSSR count).